The minimum Gasteiger partial charge on any atom is -0.588 e. The summed E-state index contributed by atoms with van der Waals surface area (Å²) < 4.78 is 40.4. The van der Waals surface area contributed by atoms with E-state index in [0.29, 0.717) is 11.1 Å². The maximum atomic E-state index is 14.9. The first-order valence-electron chi connectivity index (χ1n) is 9.43. The molecule has 1 unspecified atom stereocenters. The van der Waals surface area contributed by atoms with Crippen LogP contribution in [0.25, 0.3) is 11.1 Å². The lowest BCUT2D eigenvalue weighted by atomic mass is 10.0. The van der Waals surface area contributed by atoms with Crippen molar-refractivity contribution in [1.29, 1.82) is 0 Å². The number of rotatable bonds is 5. The Kier molecular flexibility index (Phi) is 6.29. The summed E-state index contributed by atoms with van der Waals surface area (Å²) in [5.74, 6) is 4.13. The van der Waals surface area contributed by atoms with Crippen LogP contribution in [0.2, 0.25) is 0 Å². The first kappa shape index (κ1) is 22.0. The van der Waals surface area contributed by atoms with E-state index in [1.807, 2.05) is 0 Å². The van der Waals surface area contributed by atoms with Crippen molar-refractivity contribution in [2.24, 2.45) is 0 Å². The molecule has 4 aromatic rings. The second-order valence-electron chi connectivity index (χ2n) is 6.81. The van der Waals surface area contributed by atoms with Gasteiger partial charge in [0.1, 0.15) is 23.8 Å². The molecule has 2 N–H and O–H groups in total. The van der Waals surface area contributed by atoms with E-state index in [1.165, 1.54) is 17.0 Å². The lowest BCUT2D eigenvalue weighted by Gasteiger charge is -2.15. The highest BCUT2D eigenvalue weighted by Crippen LogP contribution is 2.28. The summed E-state index contributed by atoms with van der Waals surface area (Å²) in [5, 5.41) is 9.74. The highest BCUT2D eigenvalue weighted by molar-refractivity contribution is 7.93. The smallest absolute Gasteiger partial charge is 0.420 e. The average molecular weight is 473 g/mol. The number of nitrogens with one attached hydrogen (secondary N) is 1. The molecule has 0 amide bonds. The number of hydrogen-bond donors (Lipinski definition) is 2. The van der Waals surface area contributed by atoms with Crippen molar-refractivity contribution in [3.8, 4) is 11.8 Å². The van der Waals surface area contributed by atoms with Crippen molar-refractivity contribution >= 4 is 39.1 Å². The molecule has 0 bridgehead atoms. The van der Waals surface area contributed by atoms with Crippen molar-refractivity contribution in [3.63, 3.8) is 0 Å². The summed E-state index contributed by atoms with van der Waals surface area (Å²) in [7, 11) is 0. The topological polar surface area (TPSA) is 116 Å². The molecule has 0 saturated heterocycles. The zero-order valence-electron chi connectivity index (χ0n) is 16.9. The van der Waals surface area contributed by atoms with Gasteiger partial charge in [0.15, 0.2) is 11.4 Å². The molecule has 0 aliphatic rings. The first-order chi connectivity index (χ1) is 15.3. The zero-order valence-corrected chi connectivity index (χ0v) is 18.5. The normalized spacial score (nSPS) is 13.9. The molecule has 3 atom stereocenters. The van der Waals surface area contributed by atoms with Crippen LogP contribution < -0.4 is 10.5 Å². The van der Waals surface area contributed by atoms with Crippen LogP contribution in [0.3, 0.4) is 0 Å². The molecular formula is C21H17FN4O4S2. The molecule has 0 spiro atoms. The molecule has 11 heteroatoms. The number of oxazole rings is 1. The van der Waals surface area contributed by atoms with Crippen LogP contribution in [0.4, 0.5) is 9.52 Å². The van der Waals surface area contributed by atoms with Crippen LogP contribution in [0.15, 0.2) is 56.8 Å². The fourth-order valence-corrected chi connectivity index (χ4v) is 4.63. The Morgan fingerprint density at radius 3 is 2.84 bits per heavy atom. The van der Waals surface area contributed by atoms with Crippen molar-refractivity contribution in [3.05, 3.63) is 70.2 Å². The van der Waals surface area contributed by atoms with Gasteiger partial charge in [0.2, 0.25) is 10.0 Å². The second-order valence-corrected chi connectivity index (χ2v) is 8.78. The van der Waals surface area contributed by atoms with E-state index in [-0.39, 0.29) is 21.1 Å². The van der Waals surface area contributed by atoms with E-state index in [2.05, 4.69) is 25.9 Å². The summed E-state index contributed by atoms with van der Waals surface area (Å²) in [5.41, 5.74) is 1.64. The number of benzene rings is 2. The molecule has 0 saturated carbocycles. The van der Waals surface area contributed by atoms with Crippen LogP contribution in [0, 0.1) is 17.7 Å². The standard InChI is InChI=1S/C21H17FN4O4S2/c1-12(27)7-8-14-5-3-4-6-15(14)13(2)26-17-9-16(22)19(10-18(17)30-21(26)28)32(29)25-20-23-11-24-31-20/h3-6,9-13,27H,1-2H3,(H,23,24,25)/t12-,13+,32?/m0/s1. The van der Waals surface area contributed by atoms with Gasteiger partial charge in [-0.25, -0.2) is 14.2 Å². The molecular weight excluding hydrogens is 455 g/mol. The van der Waals surface area contributed by atoms with E-state index in [9.17, 15) is 18.8 Å². The minimum atomic E-state index is -1.97. The summed E-state index contributed by atoms with van der Waals surface area (Å²) in [6.07, 6.45) is 0.478. The van der Waals surface area contributed by atoms with Gasteiger partial charge in [-0.1, -0.05) is 30.0 Å². The Hall–Kier alpha value is -3.17. The van der Waals surface area contributed by atoms with Crippen molar-refractivity contribution < 1.29 is 18.5 Å². The third-order valence-electron chi connectivity index (χ3n) is 4.62. The van der Waals surface area contributed by atoms with Gasteiger partial charge in [0.05, 0.1) is 11.6 Å². The Balaban J connectivity index is 1.75. The van der Waals surface area contributed by atoms with E-state index in [0.717, 1.165) is 17.6 Å². The Morgan fingerprint density at radius 1 is 1.34 bits per heavy atom. The lowest BCUT2D eigenvalue weighted by Crippen LogP contribution is -2.20. The Bertz CT molecular complexity index is 1370. The lowest BCUT2D eigenvalue weighted by molar-refractivity contribution is 0.253. The SMILES string of the molecule is C[C@H](O)C#Cc1ccccc1[C@@H](C)n1c(=O)oc2cc([S+]([O-])Nc3ncns3)c(F)cc21. The summed E-state index contributed by atoms with van der Waals surface area (Å²) in [6, 6.07) is 8.98. The molecule has 32 heavy (non-hydrogen) atoms. The van der Waals surface area contributed by atoms with Crippen molar-refractivity contribution in [2.75, 3.05) is 4.72 Å². The number of aliphatic hydroxyl groups is 1. The number of halogens is 1. The van der Waals surface area contributed by atoms with Crippen LogP contribution in [0.1, 0.15) is 31.0 Å². The zero-order chi connectivity index (χ0) is 22.8. The number of fused-ring (bicyclic) bond motifs is 1. The molecule has 4 rings (SSSR count). The third-order valence-corrected chi connectivity index (χ3v) is 6.42. The summed E-state index contributed by atoms with van der Waals surface area (Å²) in [6.45, 7) is 3.32. The van der Waals surface area contributed by atoms with E-state index >= 15 is 0 Å². The van der Waals surface area contributed by atoms with Crippen LogP contribution in [-0.2, 0) is 11.4 Å². The average Bonchev–Trinajstić information content (AvgIpc) is 3.38. The Morgan fingerprint density at radius 2 is 2.12 bits per heavy atom. The number of aliphatic hydroxyl groups excluding tert-OH is 1. The van der Waals surface area contributed by atoms with Crippen molar-refractivity contribution in [2.45, 2.75) is 30.9 Å². The maximum Gasteiger partial charge on any atom is 0.420 e. The van der Waals surface area contributed by atoms with E-state index in [4.69, 9.17) is 4.42 Å². The molecule has 164 valence electrons. The fraction of sp³-hybridized carbons (Fsp3) is 0.190. The van der Waals surface area contributed by atoms with Crippen LogP contribution in [0.5, 0.6) is 0 Å². The van der Waals surface area contributed by atoms with E-state index < -0.39 is 35.1 Å². The predicted octanol–water partition coefficient (Wildman–Crippen LogP) is 3.06. The Labute approximate surface area is 189 Å². The molecule has 0 aliphatic heterocycles. The van der Waals surface area contributed by atoms with Gasteiger partial charge in [-0.3, -0.25) is 4.57 Å². The van der Waals surface area contributed by atoms with Gasteiger partial charge < -0.3 is 14.1 Å². The van der Waals surface area contributed by atoms with Crippen LogP contribution in [-0.4, -0.2) is 29.7 Å². The molecule has 8 nitrogen and oxygen atoms in total. The fourth-order valence-electron chi connectivity index (χ4n) is 3.19. The highest BCUT2D eigenvalue weighted by atomic mass is 32.2. The molecule has 0 fully saturated rings. The largest absolute Gasteiger partial charge is 0.588 e. The monoisotopic (exact) mass is 472 g/mol. The number of aromatic nitrogens is 3. The molecule has 2 aromatic heterocycles. The molecule has 2 aromatic carbocycles. The number of anilines is 1. The minimum absolute atomic E-state index is 0.0956. The van der Waals surface area contributed by atoms with Gasteiger partial charge in [0, 0.05) is 29.2 Å². The first-order valence-corrected chi connectivity index (χ1v) is 11.4. The molecule has 2 heterocycles. The molecule has 0 radical (unpaired) electrons. The van der Waals surface area contributed by atoms with Crippen molar-refractivity contribution in [1.82, 2.24) is 13.9 Å². The van der Waals surface area contributed by atoms with Gasteiger partial charge in [-0.15, -0.1) is 0 Å². The highest BCUT2D eigenvalue weighted by Gasteiger charge is 2.25. The number of nitrogens with zero attached hydrogens (tertiary/aromatic N) is 3. The third kappa shape index (κ3) is 4.39. The second kappa shape index (κ2) is 9.13. The number of hydrogen-bond acceptors (Lipinski definition) is 8. The van der Waals surface area contributed by atoms with Gasteiger partial charge in [-0.2, -0.15) is 9.10 Å². The van der Waals surface area contributed by atoms with Gasteiger partial charge >= 0.3 is 5.76 Å². The quantitative estimate of drug-likeness (QED) is 0.339. The molecule has 0 aliphatic carbocycles. The summed E-state index contributed by atoms with van der Waals surface area (Å²) in [4.78, 5) is 16.4. The maximum absolute atomic E-state index is 14.9. The van der Waals surface area contributed by atoms with E-state index in [1.54, 1.807) is 38.1 Å². The summed E-state index contributed by atoms with van der Waals surface area (Å²) >= 11 is -0.987. The van der Waals surface area contributed by atoms with Gasteiger partial charge in [0.25, 0.3) is 0 Å². The van der Waals surface area contributed by atoms with Gasteiger partial charge in [-0.05, 0) is 25.5 Å². The van der Waals surface area contributed by atoms with Crippen LogP contribution >= 0.6 is 11.5 Å². The predicted molar refractivity (Wildman–Crippen MR) is 119 cm³/mol.